The van der Waals surface area contributed by atoms with Gasteiger partial charge in [-0.2, -0.15) is 0 Å². The predicted molar refractivity (Wildman–Crippen MR) is 106 cm³/mol. The summed E-state index contributed by atoms with van der Waals surface area (Å²) in [6.45, 7) is 0. The Bertz CT molecular complexity index is 869. The highest BCUT2D eigenvalue weighted by atomic mass is 35.5. The van der Waals surface area contributed by atoms with E-state index < -0.39 is 10.8 Å². The predicted octanol–water partition coefficient (Wildman–Crippen LogP) is 3.79. The number of aromatic nitrogens is 1. The molecule has 0 bridgehead atoms. The van der Waals surface area contributed by atoms with Gasteiger partial charge in [0, 0.05) is 20.4 Å². The molecule has 1 aliphatic carbocycles. The number of rotatable bonds is 7. The van der Waals surface area contributed by atoms with Crippen molar-refractivity contribution in [2.24, 2.45) is 0 Å². The average Bonchev–Trinajstić information content (AvgIpc) is 3.39. The number of hydrazine groups is 1. The lowest BCUT2D eigenvalue weighted by molar-refractivity contribution is 0.112. The molecule has 2 aromatic rings. The van der Waals surface area contributed by atoms with Crippen LogP contribution in [0.3, 0.4) is 0 Å². The fraction of sp³-hybridized carbons (Fsp3) is 0.333. The number of nitrogens with zero attached hydrogens (tertiary/aromatic N) is 2. The van der Waals surface area contributed by atoms with Crippen LogP contribution in [0.2, 0.25) is 5.15 Å². The highest BCUT2D eigenvalue weighted by Gasteiger charge is 2.25. The number of carbonyl (C=O) groups is 1. The van der Waals surface area contributed by atoms with Gasteiger partial charge in [0.25, 0.3) is 0 Å². The van der Waals surface area contributed by atoms with E-state index >= 15 is 0 Å². The smallest absolute Gasteiger partial charge is 0.155 e. The van der Waals surface area contributed by atoms with Gasteiger partial charge in [0.2, 0.25) is 0 Å². The molecule has 0 amide bonds. The fourth-order valence-electron chi connectivity index (χ4n) is 2.74. The molecule has 1 aromatic carbocycles. The van der Waals surface area contributed by atoms with Crippen LogP contribution < -0.4 is 10.7 Å². The number of nitrogens with one attached hydrogen (secondary N) is 2. The van der Waals surface area contributed by atoms with Gasteiger partial charge in [-0.15, -0.1) is 0 Å². The molecule has 0 aliphatic heterocycles. The van der Waals surface area contributed by atoms with Crippen LogP contribution in [-0.4, -0.2) is 40.8 Å². The summed E-state index contributed by atoms with van der Waals surface area (Å²) in [5.74, 6) is 0.928. The standard InChI is InChI=1S/C18H21ClN4O2S/c1-23(2)22-18-13(10-24)15(9-17(19)21-18)20-14-7-6-12(11-4-5-11)8-16(14)26(3)25/h6-11H,4-5H2,1-3H3,(H2,20,21,22). The van der Waals surface area contributed by atoms with Crippen molar-refractivity contribution in [2.45, 2.75) is 23.7 Å². The van der Waals surface area contributed by atoms with E-state index in [-0.39, 0.29) is 5.15 Å². The molecule has 6 nitrogen and oxygen atoms in total. The monoisotopic (exact) mass is 392 g/mol. The number of carbonyl (C=O) groups excluding carboxylic acids is 1. The maximum absolute atomic E-state index is 12.2. The van der Waals surface area contributed by atoms with E-state index in [1.807, 2.05) is 18.2 Å². The van der Waals surface area contributed by atoms with Gasteiger partial charge in [0.05, 0.1) is 32.6 Å². The number of aldehydes is 1. The van der Waals surface area contributed by atoms with Crippen molar-refractivity contribution in [1.82, 2.24) is 9.99 Å². The first-order valence-electron chi connectivity index (χ1n) is 8.23. The van der Waals surface area contributed by atoms with Crippen LogP contribution in [0.25, 0.3) is 0 Å². The zero-order chi connectivity index (χ0) is 18.8. The molecule has 1 unspecified atom stereocenters. The molecule has 1 aliphatic rings. The van der Waals surface area contributed by atoms with Gasteiger partial charge in [-0.1, -0.05) is 17.7 Å². The van der Waals surface area contributed by atoms with Crippen molar-refractivity contribution in [3.8, 4) is 0 Å². The third-order valence-electron chi connectivity index (χ3n) is 4.11. The number of benzene rings is 1. The molecule has 138 valence electrons. The van der Waals surface area contributed by atoms with E-state index in [4.69, 9.17) is 11.6 Å². The number of pyridine rings is 1. The van der Waals surface area contributed by atoms with Crippen LogP contribution in [0.15, 0.2) is 29.2 Å². The molecular formula is C18H21ClN4O2S. The number of hydrogen-bond acceptors (Lipinski definition) is 6. The Morgan fingerprint density at radius 3 is 2.58 bits per heavy atom. The first-order chi connectivity index (χ1) is 12.4. The molecule has 1 fully saturated rings. The lowest BCUT2D eigenvalue weighted by Gasteiger charge is -2.18. The molecule has 0 radical (unpaired) electrons. The zero-order valence-corrected chi connectivity index (χ0v) is 16.4. The second kappa shape index (κ2) is 7.73. The molecule has 2 N–H and O–H groups in total. The SMILES string of the molecule is CN(C)Nc1nc(Cl)cc(Nc2ccc(C3CC3)cc2S(C)=O)c1C=O. The van der Waals surface area contributed by atoms with Crippen molar-refractivity contribution >= 4 is 45.9 Å². The maximum atomic E-state index is 12.2. The van der Waals surface area contributed by atoms with Crippen LogP contribution in [0.1, 0.15) is 34.7 Å². The van der Waals surface area contributed by atoms with Gasteiger partial charge in [-0.25, -0.2) is 9.99 Å². The second-order valence-electron chi connectivity index (χ2n) is 6.49. The lowest BCUT2D eigenvalue weighted by atomic mass is 10.1. The summed E-state index contributed by atoms with van der Waals surface area (Å²) in [6.07, 6.45) is 4.73. The Hall–Kier alpha value is -1.96. The van der Waals surface area contributed by atoms with Gasteiger partial charge < -0.3 is 10.7 Å². The molecule has 0 spiro atoms. The molecule has 1 atom stereocenters. The van der Waals surface area contributed by atoms with E-state index in [1.54, 1.807) is 31.4 Å². The van der Waals surface area contributed by atoms with Crippen LogP contribution in [0.4, 0.5) is 17.2 Å². The Morgan fingerprint density at radius 2 is 2.00 bits per heavy atom. The summed E-state index contributed by atoms with van der Waals surface area (Å²) in [4.78, 5) is 16.5. The molecule has 0 saturated heterocycles. The summed E-state index contributed by atoms with van der Waals surface area (Å²) in [5.41, 5.74) is 5.72. The molecule has 3 rings (SSSR count). The van der Waals surface area contributed by atoms with Crippen molar-refractivity contribution in [1.29, 1.82) is 0 Å². The minimum Gasteiger partial charge on any atom is -0.354 e. The number of anilines is 3. The minimum atomic E-state index is -1.16. The normalized spacial score (nSPS) is 15.0. The zero-order valence-electron chi connectivity index (χ0n) is 14.9. The van der Waals surface area contributed by atoms with Crippen LogP contribution in [-0.2, 0) is 10.8 Å². The number of halogens is 1. The van der Waals surface area contributed by atoms with Crippen LogP contribution in [0.5, 0.6) is 0 Å². The summed E-state index contributed by atoms with van der Waals surface area (Å²) >= 11 is 6.12. The molecule has 1 saturated carbocycles. The first kappa shape index (κ1) is 18.8. The van der Waals surface area contributed by atoms with Crippen molar-refractivity contribution in [3.05, 3.63) is 40.5 Å². The van der Waals surface area contributed by atoms with E-state index in [1.165, 1.54) is 18.4 Å². The number of hydrogen-bond donors (Lipinski definition) is 2. The Labute approximate surface area is 160 Å². The van der Waals surface area contributed by atoms with Gasteiger partial charge in [0.15, 0.2) is 12.1 Å². The first-order valence-corrected chi connectivity index (χ1v) is 10.2. The summed E-state index contributed by atoms with van der Waals surface area (Å²) < 4.78 is 12.2. The molecular weight excluding hydrogens is 372 g/mol. The second-order valence-corrected chi connectivity index (χ2v) is 8.22. The van der Waals surface area contributed by atoms with Crippen molar-refractivity contribution in [2.75, 3.05) is 31.1 Å². The van der Waals surface area contributed by atoms with Gasteiger partial charge in [-0.3, -0.25) is 9.00 Å². The highest BCUT2D eigenvalue weighted by Crippen LogP contribution is 2.42. The van der Waals surface area contributed by atoms with E-state index in [2.05, 4.69) is 15.7 Å². The summed E-state index contributed by atoms with van der Waals surface area (Å²) in [5, 5.41) is 5.13. The largest absolute Gasteiger partial charge is 0.354 e. The average molecular weight is 393 g/mol. The van der Waals surface area contributed by atoms with E-state index in [9.17, 15) is 9.00 Å². The summed E-state index contributed by atoms with van der Waals surface area (Å²) in [6, 6.07) is 7.52. The molecule has 1 aromatic heterocycles. The quantitative estimate of drug-likeness (QED) is 0.424. The molecule has 26 heavy (non-hydrogen) atoms. The fourth-order valence-corrected chi connectivity index (χ4v) is 3.66. The Kier molecular flexibility index (Phi) is 5.60. The van der Waals surface area contributed by atoms with E-state index in [0.717, 1.165) is 6.29 Å². The molecule has 1 heterocycles. The van der Waals surface area contributed by atoms with Gasteiger partial charge in [0.1, 0.15) is 5.15 Å². The van der Waals surface area contributed by atoms with Crippen molar-refractivity contribution in [3.63, 3.8) is 0 Å². The Balaban J connectivity index is 2.01. The van der Waals surface area contributed by atoms with Gasteiger partial charge >= 0.3 is 0 Å². The minimum absolute atomic E-state index is 0.247. The third kappa shape index (κ3) is 4.23. The maximum Gasteiger partial charge on any atom is 0.155 e. The van der Waals surface area contributed by atoms with Crippen LogP contribution >= 0.6 is 11.6 Å². The summed E-state index contributed by atoms with van der Waals surface area (Å²) in [7, 11) is 2.42. The Morgan fingerprint density at radius 1 is 1.27 bits per heavy atom. The topological polar surface area (TPSA) is 74.3 Å². The van der Waals surface area contributed by atoms with E-state index in [0.29, 0.717) is 33.6 Å². The van der Waals surface area contributed by atoms with Gasteiger partial charge in [-0.05, 0) is 42.5 Å². The van der Waals surface area contributed by atoms with Crippen molar-refractivity contribution < 1.29 is 9.00 Å². The third-order valence-corrected chi connectivity index (χ3v) is 5.26. The van der Waals surface area contributed by atoms with Crippen LogP contribution in [0, 0.1) is 0 Å². The molecule has 8 heteroatoms. The lowest BCUT2D eigenvalue weighted by Crippen LogP contribution is -2.22. The highest BCUT2D eigenvalue weighted by molar-refractivity contribution is 7.84.